The van der Waals surface area contributed by atoms with Gasteiger partial charge in [-0.3, -0.25) is 0 Å². The van der Waals surface area contributed by atoms with Crippen molar-refractivity contribution in [2.75, 3.05) is 6.54 Å². The molecular weight excluding hydrogens is 380 g/mol. The molecule has 112 valence electrons. The van der Waals surface area contributed by atoms with Crippen LogP contribution in [0.25, 0.3) is 0 Å². The van der Waals surface area contributed by atoms with Crippen LogP contribution in [0.2, 0.25) is 0 Å². The van der Waals surface area contributed by atoms with Gasteiger partial charge in [0.05, 0.1) is 3.57 Å². The SMILES string of the molecule is CCCNC(C)c1c(F)cccc1Oc1ccccc1I. The highest BCUT2D eigenvalue weighted by molar-refractivity contribution is 14.1. The molecule has 1 N–H and O–H groups in total. The van der Waals surface area contributed by atoms with Gasteiger partial charge in [-0.2, -0.15) is 0 Å². The van der Waals surface area contributed by atoms with E-state index in [1.165, 1.54) is 6.07 Å². The average molecular weight is 399 g/mol. The second kappa shape index (κ2) is 7.75. The molecule has 0 bridgehead atoms. The zero-order valence-corrected chi connectivity index (χ0v) is 14.4. The van der Waals surface area contributed by atoms with Crippen LogP contribution < -0.4 is 10.1 Å². The van der Waals surface area contributed by atoms with E-state index in [0.29, 0.717) is 11.3 Å². The van der Waals surface area contributed by atoms with Gasteiger partial charge in [0.1, 0.15) is 17.3 Å². The van der Waals surface area contributed by atoms with E-state index in [0.717, 1.165) is 22.3 Å². The molecule has 2 nitrogen and oxygen atoms in total. The summed E-state index contributed by atoms with van der Waals surface area (Å²) in [5.74, 6) is 1.07. The van der Waals surface area contributed by atoms with Gasteiger partial charge in [0.15, 0.2) is 0 Å². The summed E-state index contributed by atoms with van der Waals surface area (Å²) in [6, 6.07) is 12.6. The Morgan fingerprint density at radius 1 is 1.14 bits per heavy atom. The van der Waals surface area contributed by atoms with Crippen molar-refractivity contribution in [2.24, 2.45) is 0 Å². The van der Waals surface area contributed by atoms with Crippen molar-refractivity contribution < 1.29 is 9.13 Å². The molecule has 0 aliphatic rings. The van der Waals surface area contributed by atoms with E-state index in [1.54, 1.807) is 6.07 Å². The van der Waals surface area contributed by atoms with Crippen LogP contribution in [0.4, 0.5) is 4.39 Å². The summed E-state index contributed by atoms with van der Waals surface area (Å²) in [7, 11) is 0. The van der Waals surface area contributed by atoms with Crippen molar-refractivity contribution in [3.05, 3.63) is 57.4 Å². The molecule has 0 heterocycles. The smallest absolute Gasteiger partial charge is 0.140 e. The van der Waals surface area contributed by atoms with Crippen molar-refractivity contribution in [2.45, 2.75) is 26.3 Å². The topological polar surface area (TPSA) is 21.3 Å². The Bertz CT molecular complexity index is 603. The molecule has 2 rings (SSSR count). The summed E-state index contributed by atoms with van der Waals surface area (Å²) in [6.45, 7) is 4.89. The first-order valence-electron chi connectivity index (χ1n) is 7.07. The summed E-state index contributed by atoms with van der Waals surface area (Å²) >= 11 is 2.21. The van der Waals surface area contributed by atoms with Gasteiger partial charge in [-0.1, -0.05) is 25.1 Å². The third-order valence-corrected chi connectivity index (χ3v) is 4.09. The van der Waals surface area contributed by atoms with E-state index < -0.39 is 0 Å². The number of rotatable bonds is 6. The molecule has 1 atom stereocenters. The summed E-state index contributed by atoms with van der Waals surface area (Å²) in [6.07, 6.45) is 1.01. The van der Waals surface area contributed by atoms with E-state index in [9.17, 15) is 4.39 Å². The van der Waals surface area contributed by atoms with Gasteiger partial charge in [0, 0.05) is 11.6 Å². The van der Waals surface area contributed by atoms with Crippen molar-refractivity contribution in [1.82, 2.24) is 5.32 Å². The van der Waals surface area contributed by atoms with E-state index >= 15 is 0 Å². The summed E-state index contributed by atoms with van der Waals surface area (Å²) < 4.78 is 21.1. The Kier molecular flexibility index (Phi) is 5.99. The van der Waals surface area contributed by atoms with E-state index in [-0.39, 0.29) is 11.9 Å². The predicted octanol–water partition coefficient (Wildman–Crippen LogP) is 5.28. The molecule has 1 unspecified atom stereocenters. The van der Waals surface area contributed by atoms with Crippen LogP contribution in [0.5, 0.6) is 11.5 Å². The quantitative estimate of drug-likeness (QED) is 0.668. The third-order valence-electron chi connectivity index (χ3n) is 3.20. The predicted molar refractivity (Wildman–Crippen MR) is 92.3 cm³/mol. The number of hydrogen-bond acceptors (Lipinski definition) is 2. The van der Waals surface area contributed by atoms with Gasteiger partial charge in [0.2, 0.25) is 0 Å². The summed E-state index contributed by atoms with van der Waals surface area (Å²) in [5.41, 5.74) is 0.575. The van der Waals surface area contributed by atoms with Crippen LogP contribution in [-0.4, -0.2) is 6.54 Å². The summed E-state index contributed by atoms with van der Waals surface area (Å²) in [4.78, 5) is 0. The van der Waals surface area contributed by atoms with Gasteiger partial charge in [-0.25, -0.2) is 4.39 Å². The lowest BCUT2D eigenvalue weighted by atomic mass is 10.1. The van der Waals surface area contributed by atoms with Gasteiger partial charge >= 0.3 is 0 Å². The fraction of sp³-hybridized carbons (Fsp3) is 0.294. The zero-order valence-electron chi connectivity index (χ0n) is 12.2. The molecule has 0 saturated heterocycles. The standard InChI is InChI=1S/C17H19FINO/c1-3-11-20-12(2)17-13(18)7-6-10-16(17)21-15-9-5-4-8-14(15)19/h4-10,12,20H,3,11H2,1-2H3. The normalized spacial score (nSPS) is 12.2. The number of ether oxygens (including phenoxy) is 1. The van der Waals surface area contributed by atoms with Crippen LogP contribution >= 0.6 is 22.6 Å². The van der Waals surface area contributed by atoms with Gasteiger partial charge in [0.25, 0.3) is 0 Å². The van der Waals surface area contributed by atoms with E-state index in [2.05, 4.69) is 34.8 Å². The maximum absolute atomic E-state index is 14.2. The van der Waals surface area contributed by atoms with Crippen LogP contribution in [0, 0.1) is 9.39 Å². The highest BCUT2D eigenvalue weighted by atomic mass is 127. The Labute approximate surface area is 138 Å². The van der Waals surface area contributed by atoms with Crippen molar-refractivity contribution in [3.63, 3.8) is 0 Å². The first-order valence-corrected chi connectivity index (χ1v) is 8.15. The molecule has 0 saturated carbocycles. The summed E-state index contributed by atoms with van der Waals surface area (Å²) in [5, 5.41) is 3.31. The minimum Gasteiger partial charge on any atom is -0.456 e. The number of nitrogens with one attached hydrogen (secondary N) is 1. The zero-order chi connectivity index (χ0) is 15.2. The van der Waals surface area contributed by atoms with Crippen LogP contribution in [0.3, 0.4) is 0 Å². The van der Waals surface area contributed by atoms with Crippen molar-refractivity contribution >= 4 is 22.6 Å². The largest absolute Gasteiger partial charge is 0.456 e. The highest BCUT2D eigenvalue weighted by Gasteiger charge is 2.17. The Morgan fingerprint density at radius 3 is 2.57 bits per heavy atom. The third kappa shape index (κ3) is 4.17. The monoisotopic (exact) mass is 399 g/mol. The van der Waals surface area contributed by atoms with Crippen LogP contribution in [0.15, 0.2) is 42.5 Å². The minimum atomic E-state index is -0.241. The van der Waals surface area contributed by atoms with Gasteiger partial charge < -0.3 is 10.1 Å². The minimum absolute atomic E-state index is 0.0949. The van der Waals surface area contributed by atoms with Gasteiger partial charge in [-0.15, -0.1) is 0 Å². The maximum Gasteiger partial charge on any atom is 0.140 e. The molecule has 0 aliphatic carbocycles. The molecule has 0 fully saturated rings. The fourth-order valence-electron chi connectivity index (χ4n) is 2.14. The van der Waals surface area contributed by atoms with Crippen molar-refractivity contribution in [1.29, 1.82) is 0 Å². The van der Waals surface area contributed by atoms with Crippen LogP contribution in [0.1, 0.15) is 31.9 Å². The Balaban J connectivity index is 2.31. The second-order valence-electron chi connectivity index (χ2n) is 4.86. The number of hydrogen-bond donors (Lipinski definition) is 1. The molecular formula is C17H19FINO. The molecule has 0 aromatic heterocycles. The van der Waals surface area contributed by atoms with Crippen LogP contribution in [-0.2, 0) is 0 Å². The molecule has 2 aromatic carbocycles. The second-order valence-corrected chi connectivity index (χ2v) is 6.02. The average Bonchev–Trinajstić information content (AvgIpc) is 2.47. The molecule has 2 aromatic rings. The van der Waals surface area contributed by atoms with Gasteiger partial charge in [-0.05, 0) is 66.7 Å². The number of benzene rings is 2. The molecule has 0 aliphatic heterocycles. The first kappa shape index (κ1) is 16.2. The Hall–Kier alpha value is -1.14. The lowest BCUT2D eigenvalue weighted by molar-refractivity contribution is 0.443. The van der Waals surface area contributed by atoms with Crippen molar-refractivity contribution in [3.8, 4) is 11.5 Å². The molecule has 0 spiro atoms. The maximum atomic E-state index is 14.2. The molecule has 0 amide bonds. The fourth-order valence-corrected chi connectivity index (χ4v) is 2.63. The lowest BCUT2D eigenvalue weighted by Gasteiger charge is -2.19. The van der Waals surface area contributed by atoms with E-state index in [4.69, 9.17) is 4.74 Å². The Morgan fingerprint density at radius 2 is 1.86 bits per heavy atom. The first-order chi connectivity index (χ1) is 10.1. The molecule has 4 heteroatoms. The highest BCUT2D eigenvalue weighted by Crippen LogP contribution is 2.33. The molecule has 21 heavy (non-hydrogen) atoms. The number of para-hydroxylation sites is 1. The van der Waals surface area contributed by atoms with E-state index in [1.807, 2.05) is 37.3 Å². The molecule has 0 radical (unpaired) electrons. The number of halogens is 2. The lowest BCUT2D eigenvalue weighted by Crippen LogP contribution is -2.20.